The zero-order valence-corrected chi connectivity index (χ0v) is 16.7. The van der Waals surface area contributed by atoms with Gasteiger partial charge in [-0.25, -0.2) is 9.59 Å². The summed E-state index contributed by atoms with van der Waals surface area (Å²) in [4.78, 5) is 48.0. The Hall–Kier alpha value is -3.16. The van der Waals surface area contributed by atoms with Gasteiger partial charge in [-0.3, -0.25) is 14.9 Å². The number of nitrogens with one attached hydrogen (secondary N) is 3. The molecule has 0 aliphatic heterocycles. The molecule has 0 aromatic heterocycles. The quantitative estimate of drug-likeness (QED) is 0.500. The van der Waals surface area contributed by atoms with E-state index in [1.807, 2.05) is 6.07 Å². The molecule has 1 aliphatic rings. The van der Waals surface area contributed by atoms with Crippen LogP contribution in [-0.2, 0) is 19.1 Å². The zero-order valence-electron chi connectivity index (χ0n) is 16.7. The number of rotatable bonds is 6. The van der Waals surface area contributed by atoms with Gasteiger partial charge >= 0.3 is 12.0 Å². The first-order chi connectivity index (χ1) is 13.8. The summed E-state index contributed by atoms with van der Waals surface area (Å²) in [6.45, 7) is 2.62. The van der Waals surface area contributed by atoms with Crippen LogP contribution in [0.1, 0.15) is 51.5 Å². The lowest BCUT2D eigenvalue weighted by molar-refractivity contribution is -0.151. The number of ether oxygens (including phenoxy) is 1. The molecule has 0 spiro atoms. The van der Waals surface area contributed by atoms with Crippen molar-refractivity contribution in [3.05, 3.63) is 41.6 Å². The average Bonchev–Trinajstić information content (AvgIpc) is 2.68. The molecule has 0 radical (unpaired) electrons. The molecule has 1 atom stereocenters. The highest BCUT2D eigenvalue weighted by atomic mass is 16.5. The summed E-state index contributed by atoms with van der Waals surface area (Å²) in [6.07, 6.45) is 5.25. The van der Waals surface area contributed by atoms with Crippen LogP contribution in [0, 0.1) is 0 Å². The molecule has 2 rings (SSSR count). The predicted octanol–water partition coefficient (Wildman–Crippen LogP) is 2.25. The van der Waals surface area contributed by atoms with Crippen LogP contribution in [0.4, 0.5) is 4.79 Å². The molecule has 156 valence electrons. The standard InChI is InChI=1S/C21H27N3O5/c1-14(19(26)24-21(28)23-17-11-7-4-8-12-17)29-20(27)18(22-15(2)25)13-16-9-5-3-6-10-16/h3,5-6,9-10,13-14,17H,4,7-8,11-12H2,1-2H3,(H,22,25)(H2,23,24,26,28)/b18-13-/t14-/m1/s1. The van der Waals surface area contributed by atoms with Gasteiger partial charge in [-0.15, -0.1) is 0 Å². The van der Waals surface area contributed by atoms with Crippen molar-refractivity contribution < 1.29 is 23.9 Å². The molecule has 8 nitrogen and oxygen atoms in total. The third kappa shape index (κ3) is 7.77. The molecule has 4 amide bonds. The van der Waals surface area contributed by atoms with E-state index in [9.17, 15) is 19.2 Å². The van der Waals surface area contributed by atoms with Crippen molar-refractivity contribution in [2.45, 2.75) is 58.1 Å². The fraction of sp³-hybridized carbons (Fsp3) is 0.429. The van der Waals surface area contributed by atoms with Crippen molar-refractivity contribution in [2.24, 2.45) is 0 Å². The number of imide groups is 1. The molecule has 0 bridgehead atoms. The second-order valence-corrected chi connectivity index (χ2v) is 7.00. The molecule has 3 N–H and O–H groups in total. The van der Waals surface area contributed by atoms with E-state index >= 15 is 0 Å². The Morgan fingerprint density at radius 2 is 1.69 bits per heavy atom. The SMILES string of the molecule is CC(=O)N/C(=C\c1ccccc1)C(=O)O[C@H](C)C(=O)NC(=O)NC1CCCCC1. The Labute approximate surface area is 170 Å². The van der Waals surface area contributed by atoms with Crippen LogP contribution >= 0.6 is 0 Å². The summed E-state index contributed by atoms with van der Waals surface area (Å²) in [5, 5.41) is 7.35. The number of carbonyl (C=O) groups excluding carboxylic acids is 4. The minimum Gasteiger partial charge on any atom is -0.448 e. The zero-order chi connectivity index (χ0) is 21.2. The largest absolute Gasteiger partial charge is 0.448 e. The van der Waals surface area contributed by atoms with Gasteiger partial charge < -0.3 is 15.4 Å². The van der Waals surface area contributed by atoms with E-state index < -0.39 is 29.9 Å². The third-order valence-electron chi connectivity index (χ3n) is 4.47. The fourth-order valence-electron chi connectivity index (χ4n) is 3.01. The summed E-state index contributed by atoms with van der Waals surface area (Å²) in [5.41, 5.74) is 0.576. The molecule has 0 saturated heterocycles. The normalized spacial score (nSPS) is 15.7. The van der Waals surface area contributed by atoms with Crippen molar-refractivity contribution in [3.8, 4) is 0 Å². The van der Waals surface area contributed by atoms with Gasteiger partial charge in [0.1, 0.15) is 5.70 Å². The maximum Gasteiger partial charge on any atom is 0.355 e. The highest BCUT2D eigenvalue weighted by Gasteiger charge is 2.24. The predicted molar refractivity (Wildman–Crippen MR) is 107 cm³/mol. The number of carbonyl (C=O) groups is 4. The van der Waals surface area contributed by atoms with Crippen molar-refractivity contribution in [3.63, 3.8) is 0 Å². The van der Waals surface area contributed by atoms with Gasteiger partial charge in [-0.1, -0.05) is 49.6 Å². The van der Waals surface area contributed by atoms with Crippen molar-refractivity contribution in [1.82, 2.24) is 16.0 Å². The number of urea groups is 1. The molecular formula is C21H27N3O5. The maximum atomic E-state index is 12.4. The van der Waals surface area contributed by atoms with Crippen molar-refractivity contribution in [2.75, 3.05) is 0 Å². The average molecular weight is 401 g/mol. The summed E-state index contributed by atoms with van der Waals surface area (Å²) in [5.74, 6) is -2.07. The molecule has 1 fully saturated rings. The monoisotopic (exact) mass is 401 g/mol. The van der Waals surface area contributed by atoms with Crippen LogP contribution < -0.4 is 16.0 Å². The lowest BCUT2D eigenvalue weighted by Crippen LogP contribution is -2.48. The van der Waals surface area contributed by atoms with Crippen LogP contribution in [0.3, 0.4) is 0 Å². The topological polar surface area (TPSA) is 114 Å². The van der Waals surface area contributed by atoms with Crippen molar-refractivity contribution in [1.29, 1.82) is 0 Å². The van der Waals surface area contributed by atoms with Gasteiger partial charge in [0.25, 0.3) is 5.91 Å². The van der Waals surface area contributed by atoms with Crippen LogP contribution in [0.15, 0.2) is 36.0 Å². The van der Waals surface area contributed by atoms with E-state index in [0.717, 1.165) is 32.1 Å². The summed E-state index contributed by atoms with van der Waals surface area (Å²) < 4.78 is 5.12. The summed E-state index contributed by atoms with van der Waals surface area (Å²) in [7, 11) is 0. The summed E-state index contributed by atoms with van der Waals surface area (Å²) in [6, 6.07) is 8.33. The number of hydrogen-bond donors (Lipinski definition) is 3. The number of esters is 1. The van der Waals surface area contributed by atoms with Crippen LogP contribution in [-0.4, -0.2) is 36.0 Å². The van der Waals surface area contributed by atoms with E-state index in [0.29, 0.717) is 5.56 Å². The fourth-order valence-corrected chi connectivity index (χ4v) is 3.01. The number of hydrogen-bond acceptors (Lipinski definition) is 5. The van der Waals surface area contributed by atoms with Gasteiger partial charge in [0.05, 0.1) is 0 Å². The Bertz CT molecular complexity index is 770. The van der Waals surface area contributed by atoms with E-state index in [-0.39, 0.29) is 11.7 Å². The van der Waals surface area contributed by atoms with E-state index in [1.54, 1.807) is 24.3 Å². The van der Waals surface area contributed by atoms with Gasteiger partial charge in [0, 0.05) is 13.0 Å². The van der Waals surface area contributed by atoms with E-state index in [4.69, 9.17) is 4.74 Å². The lowest BCUT2D eigenvalue weighted by atomic mass is 9.96. The minimum absolute atomic E-state index is 0.0505. The maximum absolute atomic E-state index is 12.4. The minimum atomic E-state index is -1.22. The second kappa shape index (κ2) is 11.0. The third-order valence-corrected chi connectivity index (χ3v) is 4.47. The second-order valence-electron chi connectivity index (χ2n) is 7.00. The smallest absolute Gasteiger partial charge is 0.355 e. The van der Waals surface area contributed by atoms with Gasteiger partial charge in [0.2, 0.25) is 5.91 Å². The highest BCUT2D eigenvalue weighted by Crippen LogP contribution is 2.17. The van der Waals surface area contributed by atoms with Crippen LogP contribution in [0.25, 0.3) is 6.08 Å². The van der Waals surface area contributed by atoms with Gasteiger partial charge in [-0.05, 0) is 31.4 Å². The molecule has 1 saturated carbocycles. The lowest BCUT2D eigenvalue weighted by Gasteiger charge is -2.23. The van der Waals surface area contributed by atoms with Crippen molar-refractivity contribution >= 4 is 29.9 Å². The number of benzene rings is 1. The van der Waals surface area contributed by atoms with Gasteiger partial charge in [-0.2, -0.15) is 0 Å². The number of amides is 4. The Morgan fingerprint density at radius 1 is 1.03 bits per heavy atom. The molecule has 1 aromatic rings. The molecule has 1 aliphatic carbocycles. The molecule has 1 aromatic carbocycles. The van der Waals surface area contributed by atoms with Gasteiger partial charge in [0.15, 0.2) is 6.10 Å². The van der Waals surface area contributed by atoms with E-state index in [1.165, 1.54) is 19.9 Å². The molecule has 0 unspecified atom stereocenters. The molecule has 29 heavy (non-hydrogen) atoms. The molecule has 0 heterocycles. The Morgan fingerprint density at radius 3 is 2.31 bits per heavy atom. The highest BCUT2D eigenvalue weighted by molar-refractivity contribution is 6.01. The summed E-state index contributed by atoms with van der Waals surface area (Å²) >= 11 is 0. The van der Waals surface area contributed by atoms with Crippen LogP contribution in [0.5, 0.6) is 0 Å². The Balaban J connectivity index is 1.93. The molecular weight excluding hydrogens is 374 g/mol. The Kier molecular flexibility index (Phi) is 8.39. The first-order valence-electron chi connectivity index (χ1n) is 9.72. The first kappa shape index (κ1) is 22.1. The first-order valence-corrected chi connectivity index (χ1v) is 9.72. The van der Waals surface area contributed by atoms with Crippen LogP contribution in [0.2, 0.25) is 0 Å². The van der Waals surface area contributed by atoms with E-state index in [2.05, 4.69) is 16.0 Å². The molecule has 8 heteroatoms.